The standard InChI is InChI=1S/C16H18N4O2/c1-9(2)18-15(21)10(3)20-13-7-5-4-6-11(13)12-8-17-19-16(22)14(12)20/h4-10H,1-3H3,(H,18,21)(H,19,22)/t10-/m1/s1. The highest BCUT2D eigenvalue weighted by molar-refractivity contribution is 6.08. The lowest BCUT2D eigenvalue weighted by Gasteiger charge is -2.18. The Kier molecular flexibility index (Phi) is 3.44. The second kappa shape index (κ2) is 5.29. The number of carbonyl (C=O) groups is 1. The fourth-order valence-electron chi connectivity index (χ4n) is 2.78. The topological polar surface area (TPSA) is 79.8 Å². The normalized spacial score (nSPS) is 12.9. The molecule has 2 N–H and O–H groups in total. The second-order valence-corrected chi connectivity index (χ2v) is 5.69. The highest BCUT2D eigenvalue weighted by Gasteiger charge is 2.22. The molecule has 0 bridgehead atoms. The molecule has 1 aromatic carbocycles. The molecule has 3 aromatic rings. The van der Waals surface area contributed by atoms with Gasteiger partial charge in [0.2, 0.25) is 5.91 Å². The summed E-state index contributed by atoms with van der Waals surface area (Å²) in [7, 11) is 0. The van der Waals surface area contributed by atoms with E-state index in [4.69, 9.17) is 0 Å². The lowest BCUT2D eigenvalue weighted by atomic mass is 10.2. The summed E-state index contributed by atoms with van der Waals surface area (Å²) in [4.78, 5) is 24.6. The van der Waals surface area contributed by atoms with Crippen molar-refractivity contribution < 1.29 is 4.79 Å². The van der Waals surface area contributed by atoms with Gasteiger partial charge < -0.3 is 9.88 Å². The van der Waals surface area contributed by atoms with Crippen LogP contribution in [0.25, 0.3) is 21.8 Å². The number of rotatable bonds is 3. The highest BCUT2D eigenvalue weighted by atomic mass is 16.2. The summed E-state index contributed by atoms with van der Waals surface area (Å²) in [6.07, 6.45) is 1.63. The van der Waals surface area contributed by atoms with Gasteiger partial charge in [0.05, 0.1) is 11.7 Å². The quantitative estimate of drug-likeness (QED) is 0.775. The Labute approximate surface area is 127 Å². The number of hydrogen-bond acceptors (Lipinski definition) is 3. The molecule has 0 fully saturated rings. The van der Waals surface area contributed by atoms with Crippen LogP contribution in [0, 0.1) is 0 Å². The van der Waals surface area contributed by atoms with E-state index in [-0.39, 0.29) is 17.5 Å². The summed E-state index contributed by atoms with van der Waals surface area (Å²) in [5, 5.41) is 10.9. The number of H-pyrrole nitrogens is 1. The Balaban J connectivity index is 2.31. The summed E-state index contributed by atoms with van der Waals surface area (Å²) in [6, 6.07) is 7.20. The molecule has 22 heavy (non-hydrogen) atoms. The summed E-state index contributed by atoms with van der Waals surface area (Å²) in [5.74, 6) is -0.117. The zero-order chi connectivity index (χ0) is 15.9. The molecule has 0 aliphatic heterocycles. The van der Waals surface area contributed by atoms with Gasteiger partial charge in [0.1, 0.15) is 11.6 Å². The Hall–Kier alpha value is -2.63. The van der Waals surface area contributed by atoms with Crippen molar-refractivity contribution in [3.8, 4) is 0 Å². The van der Waals surface area contributed by atoms with E-state index >= 15 is 0 Å². The first-order valence-corrected chi connectivity index (χ1v) is 7.27. The monoisotopic (exact) mass is 298 g/mol. The molecule has 2 heterocycles. The fraction of sp³-hybridized carbons (Fsp3) is 0.312. The lowest BCUT2D eigenvalue weighted by Crippen LogP contribution is -2.36. The van der Waals surface area contributed by atoms with E-state index < -0.39 is 6.04 Å². The van der Waals surface area contributed by atoms with E-state index in [1.807, 2.05) is 38.1 Å². The van der Waals surface area contributed by atoms with Gasteiger partial charge in [0.15, 0.2) is 0 Å². The summed E-state index contributed by atoms with van der Waals surface area (Å²) >= 11 is 0. The first-order valence-electron chi connectivity index (χ1n) is 7.27. The second-order valence-electron chi connectivity index (χ2n) is 5.69. The smallest absolute Gasteiger partial charge is 0.288 e. The van der Waals surface area contributed by atoms with Crippen LogP contribution in [0.4, 0.5) is 0 Å². The highest BCUT2D eigenvalue weighted by Crippen LogP contribution is 2.29. The number of carbonyl (C=O) groups excluding carboxylic acids is 1. The predicted octanol–water partition coefficient (Wildman–Crippen LogP) is 1.96. The van der Waals surface area contributed by atoms with Crippen molar-refractivity contribution in [3.05, 3.63) is 40.8 Å². The maximum absolute atomic E-state index is 12.4. The average Bonchev–Trinajstić information content (AvgIpc) is 2.82. The summed E-state index contributed by atoms with van der Waals surface area (Å²) < 4.78 is 1.78. The van der Waals surface area contributed by atoms with E-state index in [0.29, 0.717) is 5.52 Å². The molecule has 3 rings (SSSR count). The minimum absolute atomic E-state index is 0.0444. The third-order valence-corrected chi connectivity index (χ3v) is 3.72. The number of nitrogens with zero attached hydrogens (tertiary/aromatic N) is 2. The van der Waals surface area contributed by atoms with Crippen LogP contribution in [0.1, 0.15) is 26.8 Å². The first kappa shape index (κ1) is 14.3. The van der Waals surface area contributed by atoms with Crippen LogP contribution in [-0.2, 0) is 4.79 Å². The number of nitrogens with one attached hydrogen (secondary N) is 2. The summed E-state index contributed by atoms with van der Waals surface area (Å²) in [6.45, 7) is 5.61. The average molecular weight is 298 g/mol. The number of amides is 1. The maximum Gasteiger partial charge on any atom is 0.288 e. The van der Waals surface area contributed by atoms with Gasteiger partial charge in [0, 0.05) is 16.8 Å². The van der Waals surface area contributed by atoms with Crippen molar-refractivity contribution in [1.29, 1.82) is 0 Å². The van der Waals surface area contributed by atoms with E-state index in [2.05, 4.69) is 15.5 Å². The first-order chi connectivity index (χ1) is 10.5. The van der Waals surface area contributed by atoms with Crippen molar-refractivity contribution in [2.75, 3.05) is 0 Å². The molecule has 1 amide bonds. The third-order valence-electron chi connectivity index (χ3n) is 3.72. The molecular formula is C16H18N4O2. The number of aromatic nitrogens is 3. The van der Waals surface area contributed by atoms with Crippen LogP contribution in [0.5, 0.6) is 0 Å². The number of aromatic amines is 1. The van der Waals surface area contributed by atoms with Gasteiger partial charge in [-0.1, -0.05) is 18.2 Å². The molecule has 0 spiro atoms. The molecule has 0 saturated heterocycles. The molecule has 0 saturated carbocycles. The Morgan fingerprint density at radius 1 is 1.23 bits per heavy atom. The van der Waals surface area contributed by atoms with Crippen molar-refractivity contribution in [1.82, 2.24) is 20.1 Å². The van der Waals surface area contributed by atoms with Gasteiger partial charge >= 0.3 is 0 Å². The van der Waals surface area contributed by atoms with E-state index in [0.717, 1.165) is 16.3 Å². The molecule has 114 valence electrons. The van der Waals surface area contributed by atoms with Crippen LogP contribution in [0.3, 0.4) is 0 Å². The molecule has 0 aliphatic carbocycles. The summed E-state index contributed by atoms with van der Waals surface area (Å²) in [5.41, 5.74) is 1.03. The molecule has 0 radical (unpaired) electrons. The zero-order valence-corrected chi connectivity index (χ0v) is 12.8. The number of fused-ring (bicyclic) bond motifs is 3. The zero-order valence-electron chi connectivity index (χ0n) is 12.8. The SMILES string of the molecule is CC(C)NC(=O)[C@@H](C)n1c2ccccc2c2cn[nH]c(=O)c21. The van der Waals surface area contributed by atoms with Crippen LogP contribution in [0.15, 0.2) is 35.3 Å². The minimum Gasteiger partial charge on any atom is -0.352 e. The van der Waals surface area contributed by atoms with E-state index in [9.17, 15) is 9.59 Å². The van der Waals surface area contributed by atoms with Gasteiger partial charge in [0.25, 0.3) is 5.56 Å². The van der Waals surface area contributed by atoms with Gasteiger partial charge in [-0.15, -0.1) is 0 Å². The molecule has 0 unspecified atom stereocenters. The molecule has 2 aromatic heterocycles. The van der Waals surface area contributed by atoms with Gasteiger partial charge in [-0.05, 0) is 26.8 Å². The van der Waals surface area contributed by atoms with E-state index in [1.54, 1.807) is 17.7 Å². The maximum atomic E-state index is 12.4. The molecule has 0 aliphatic rings. The van der Waals surface area contributed by atoms with Gasteiger partial charge in [-0.25, -0.2) is 5.10 Å². The fourth-order valence-corrected chi connectivity index (χ4v) is 2.78. The largest absolute Gasteiger partial charge is 0.352 e. The number of benzene rings is 1. The Morgan fingerprint density at radius 3 is 2.68 bits per heavy atom. The minimum atomic E-state index is -0.492. The number of hydrogen-bond donors (Lipinski definition) is 2. The van der Waals surface area contributed by atoms with E-state index in [1.165, 1.54) is 0 Å². The molecule has 1 atom stereocenters. The Morgan fingerprint density at radius 2 is 1.95 bits per heavy atom. The van der Waals surface area contributed by atoms with Crippen molar-refractivity contribution in [2.24, 2.45) is 0 Å². The Bertz CT molecular complexity index is 907. The van der Waals surface area contributed by atoms with Crippen molar-refractivity contribution in [2.45, 2.75) is 32.9 Å². The third kappa shape index (κ3) is 2.16. The molecule has 6 nitrogen and oxygen atoms in total. The van der Waals surface area contributed by atoms with Gasteiger partial charge in [-0.2, -0.15) is 5.10 Å². The molecule has 6 heteroatoms. The van der Waals surface area contributed by atoms with Crippen molar-refractivity contribution >= 4 is 27.7 Å². The molecular weight excluding hydrogens is 280 g/mol. The predicted molar refractivity (Wildman–Crippen MR) is 85.8 cm³/mol. The van der Waals surface area contributed by atoms with Gasteiger partial charge in [-0.3, -0.25) is 9.59 Å². The lowest BCUT2D eigenvalue weighted by molar-refractivity contribution is -0.124. The van der Waals surface area contributed by atoms with Crippen LogP contribution >= 0.6 is 0 Å². The van der Waals surface area contributed by atoms with Crippen LogP contribution in [-0.4, -0.2) is 26.7 Å². The number of para-hydroxylation sites is 1. The van der Waals surface area contributed by atoms with Crippen LogP contribution < -0.4 is 10.9 Å². The van der Waals surface area contributed by atoms with Crippen molar-refractivity contribution in [3.63, 3.8) is 0 Å². The van der Waals surface area contributed by atoms with Crippen LogP contribution in [0.2, 0.25) is 0 Å².